The van der Waals surface area contributed by atoms with Gasteiger partial charge in [0.2, 0.25) is 0 Å². The van der Waals surface area contributed by atoms with Crippen LogP contribution in [0.4, 0.5) is 23.2 Å². The van der Waals surface area contributed by atoms with E-state index in [-0.39, 0.29) is 0 Å². The third-order valence-electron chi connectivity index (χ3n) is 2.28. The minimum Gasteiger partial charge on any atom is -0.258 e. The molecule has 0 atom stereocenters. The number of non-ortho nitro benzene ring substituents is 1. The Bertz CT molecular complexity index is 458. The Kier molecular flexibility index (Phi) is 1.63. The predicted molar refractivity (Wildman–Crippen MR) is 40.9 cm³/mol. The Morgan fingerprint density at radius 2 is 1.60 bits per heavy atom. The molecule has 1 aliphatic rings. The summed E-state index contributed by atoms with van der Waals surface area (Å²) in [5.74, 6) is -8.54. The highest BCUT2D eigenvalue weighted by molar-refractivity contribution is 5.52. The second-order valence-corrected chi connectivity index (χ2v) is 3.14. The average Bonchev–Trinajstić information content (AvgIpc) is 2.16. The maximum absolute atomic E-state index is 12.8. The summed E-state index contributed by atoms with van der Waals surface area (Å²) in [6, 6.07) is 1.92. The van der Waals surface area contributed by atoms with E-state index in [0.29, 0.717) is 12.1 Å². The molecule has 0 bridgehead atoms. The number of rotatable bonds is 1. The summed E-state index contributed by atoms with van der Waals surface area (Å²) in [5, 5.41) is 10.2. The minimum absolute atomic E-state index is 0.479. The fourth-order valence-electron chi connectivity index (χ4n) is 1.46. The van der Waals surface area contributed by atoms with Gasteiger partial charge in [-0.05, 0) is 6.07 Å². The SMILES string of the molecule is O=[N+]([O-])c1ccc2c(c1)C(F)(F)C2(F)F. The molecule has 3 nitrogen and oxygen atoms in total. The lowest BCUT2D eigenvalue weighted by molar-refractivity contribution is -0.385. The van der Waals surface area contributed by atoms with Crippen molar-refractivity contribution in [3.05, 3.63) is 39.4 Å². The Balaban J connectivity index is 2.59. The minimum atomic E-state index is -4.31. The summed E-state index contributed by atoms with van der Waals surface area (Å²) in [6.45, 7) is 0. The van der Waals surface area contributed by atoms with Crippen LogP contribution in [0.25, 0.3) is 0 Å². The molecule has 0 fully saturated rings. The van der Waals surface area contributed by atoms with Crippen LogP contribution in [0, 0.1) is 10.1 Å². The van der Waals surface area contributed by atoms with Crippen LogP contribution in [-0.4, -0.2) is 4.92 Å². The molecular formula is C8H3F4NO2. The summed E-state index contributed by atoms with van der Waals surface area (Å²) in [4.78, 5) is 9.32. The number of benzene rings is 1. The molecule has 0 unspecified atom stereocenters. The first-order valence-electron chi connectivity index (χ1n) is 3.83. The van der Waals surface area contributed by atoms with Crippen molar-refractivity contribution in [1.82, 2.24) is 0 Å². The van der Waals surface area contributed by atoms with Crippen LogP contribution in [-0.2, 0) is 11.8 Å². The number of nitrogens with zero attached hydrogens (tertiary/aromatic N) is 1. The number of hydrogen-bond donors (Lipinski definition) is 0. The Hall–Kier alpha value is -1.66. The number of hydrogen-bond acceptors (Lipinski definition) is 2. The summed E-state index contributed by atoms with van der Waals surface area (Å²) < 4.78 is 51.0. The molecule has 0 spiro atoms. The second-order valence-electron chi connectivity index (χ2n) is 3.14. The van der Waals surface area contributed by atoms with E-state index in [4.69, 9.17) is 0 Å². The number of nitro benzene ring substituents is 1. The molecular weight excluding hydrogens is 218 g/mol. The van der Waals surface area contributed by atoms with Gasteiger partial charge < -0.3 is 0 Å². The van der Waals surface area contributed by atoms with Crippen LogP contribution in [0.5, 0.6) is 0 Å². The molecule has 2 rings (SSSR count). The molecule has 0 amide bonds. The van der Waals surface area contributed by atoms with Crippen LogP contribution >= 0.6 is 0 Å². The smallest absolute Gasteiger partial charge is 0.258 e. The number of fused-ring (bicyclic) bond motifs is 1. The van der Waals surface area contributed by atoms with E-state index >= 15 is 0 Å². The van der Waals surface area contributed by atoms with Gasteiger partial charge >= 0.3 is 11.8 Å². The van der Waals surface area contributed by atoms with E-state index in [0.717, 1.165) is 6.07 Å². The maximum Gasteiger partial charge on any atom is 0.340 e. The molecule has 7 heteroatoms. The number of nitro groups is 1. The van der Waals surface area contributed by atoms with Crippen LogP contribution in [0.3, 0.4) is 0 Å². The van der Waals surface area contributed by atoms with Crippen molar-refractivity contribution < 1.29 is 22.5 Å². The van der Waals surface area contributed by atoms with Crippen molar-refractivity contribution in [2.45, 2.75) is 11.8 Å². The topological polar surface area (TPSA) is 43.1 Å². The molecule has 1 aromatic carbocycles. The molecule has 0 saturated carbocycles. The van der Waals surface area contributed by atoms with E-state index in [1.165, 1.54) is 0 Å². The van der Waals surface area contributed by atoms with Crippen molar-refractivity contribution in [1.29, 1.82) is 0 Å². The van der Waals surface area contributed by atoms with Gasteiger partial charge in [-0.25, -0.2) is 0 Å². The lowest BCUT2D eigenvalue weighted by atomic mass is 9.80. The number of alkyl halides is 4. The van der Waals surface area contributed by atoms with E-state index in [2.05, 4.69) is 0 Å². The van der Waals surface area contributed by atoms with E-state index in [1.807, 2.05) is 0 Å². The van der Waals surface area contributed by atoms with Gasteiger partial charge in [0, 0.05) is 23.3 Å². The van der Waals surface area contributed by atoms with E-state index in [9.17, 15) is 27.7 Å². The molecule has 15 heavy (non-hydrogen) atoms. The Labute approximate surface area is 80.5 Å². The normalized spacial score (nSPS) is 20.3. The van der Waals surface area contributed by atoms with Crippen LogP contribution in [0.2, 0.25) is 0 Å². The highest BCUT2D eigenvalue weighted by Crippen LogP contribution is 2.60. The first-order chi connectivity index (χ1) is 6.78. The van der Waals surface area contributed by atoms with Crippen molar-refractivity contribution in [3.8, 4) is 0 Å². The lowest BCUT2D eigenvalue weighted by Gasteiger charge is -2.38. The molecule has 0 heterocycles. The highest BCUT2D eigenvalue weighted by atomic mass is 19.3. The number of halogens is 4. The quantitative estimate of drug-likeness (QED) is 0.415. The van der Waals surface area contributed by atoms with Gasteiger partial charge in [-0.15, -0.1) is 0 Å². The van der Waals surface area contributed by atoms with Crippen LogP contribution in [0.15, 0.2) is 18.2 Å². The first-order valence-corrected chi connectivity index (χ1v) is 3.83. The third kappa shape index (κ3) is 0.999. The standard InChI is InChI=1S/C8H3F4NO2/c9-7(10)5-2-1-4(13(14)15)3-6(5)8(7,11)12/h1-3H. The molecule has 0 radical (unpaired) electrons. The fourth-order valence-corrected chi connectivity index (χ4v) is 1.46. The van der Waals surface area contributed by atoms with Gasteiger partial charge in [0.1, 0.15) is 0 Å². The molecule has 1 aromatic rings. The first kappa shape index (κ1) is 9.88. The van der Waals surface area contributed by atoms with Crippen molar-refractivity contribution in [3.63, 3.8) is 0 Å². The lowest BCUT2D eigenvalue weighted by Crippen LogP contribution is -2.46. The summed E-state index contributed by atoms with van der Waals surface area (Å²) in [6.07, 6.45) is 0. The Morgan fingerprint density at radius 3 is 2.13 bits per heavy atom. The maximum atomic E-state index is 12.8. The summed E-state index contributed by atoms with van der Waals surface area (Å²) in [5.41, 5.74) is -2.44. The molecule has 0 saturated heterocycles. The van der Waals surface area contributed by atoms with E-state index < -0.39 is 33.6 Å². The second kappa shape index (κ2) is 2.47. The predicted octanol–water partition coefficient (Wildman–Crippen LogP) is 2.79. The van der Waals surface area contributed by atoms with E-state index in [1.54, 1.807) is 0 Å². The summed E-state index contributed by atoms with van der Waals surface area (Å²) >= 11 is 0. The van der Waals surface area contributed by atoms with Crippen molar-refractivity contribution >= 4 is 5.69 Å². The Morgan fingerprint density at radius 1 is 1.07 bits per heavy atom. The molecule has 0 aliphatic heterocycles. The van der Waals surface area contributed by atoms with Gasteiger partial charge in [0.05, 0.1) is 4.92 Å². The molecule has 80 valence electrons. The fraction of sp³-hybridized carbons (Fsp3) is 0.250. The zero-order valence-corrected chi connectivity index (χ0v) is 7.01. The zero-order chi connectivity index (χ0) is 11.4. The van der Waals surface area contributed by atoms with Gasteiger partial charge in [-0.2, -0.15) is 17.6 Å². The summed E-state index contributed by atoms with van der Waals surface area (Å²) in [7, 11) is 0. The monoisotopic (exact) mass is 221 g/mol. The van der Waals surface area contributed by atoms with Gasteiger partial charge in [-0.1, -0.05) is 0 Å². The molecule has 1 aliphatic carbocycles. The van der Waals surface area contributed by atoms with Crippen LogP contribution in [0.1, 0.15) is 11.1 Å². The molecule has 0 aromatic heterocycles. The van der Waals surface area contributed by atoms with Gasteiger partial charge in [-0.3, -0.25) is 10.1 Å². The van der Waals surface area contributed by atoms with Gasteiger partial charge in [0.25, 0.3) is 5.69 Å². The zero-order valence-electron chi connectivity index (χ0n) is 7.01. The van der Waals surface area contributed by atoms with Crippen molar-refractivity contribution in [2.75, 3.05) is 0 Å². The largest absolute Gasteiger partial charge is 0.340 e. The van der Waals surface area contributed by atoms with Crippen molar-refractivity contribution in [2.24, 2.45) is 0 Å². The third-order valence-corrected chi connectivity index (χ3v) is 2.28. The van der Waals surface area contributed by atoms with Gasteiger partial charge in [0.15, 0.2) is 0 Å². The highest BCUT2D eigenvalue weighted by Gasteiger charge is 2.69. The average molecular weight is 221 g/mol. The molecule has 0 N–H and O–H groups in total. The van der Waals surface area contributed by atoms with Crippen LogP contribution < -0.4 is 0 Å².